The normalized spacial score (nSPS) is 21.0. The Morgan fingerprint density at radius 1 is 1.67 bits per heavy atom. The Bertz CT molecular complexity index is 297. The van der Waals surface area contributed by atoms with Gasteiger partial charge >= 0.3 is 0 Å². The number of nitrogens with zero attached hydrogens (tertiary/aromatic N) is 1. The molecule has 1 aromatic heterocycles. The SMILES string of the molecule is NCc1nc(CNCC2CCOC2)cs1. The van der Waals surface area contributed by atoms with Crippen molar-refractivity contribution >= 4 is 11.3 Å². The number of hydrogen-bond donors (Lipinski definition) is 2. The van der Waals surface area contributed by atoms with Gasteiger partial charge in [-0.3, -0.25) is 0 Å². The topological polar surface area (TPSA) is 60.2 Å². The fourth-order valence-corrected chi connectivity index (χ4v) is 2.35. The fourth-order valence-electron chi connectivity index (χ4n) is 1.67. The summed E-state index contributed by atoms with van der Waals surface area (Å²) in [6.07, 6.45) is 1.18. The van der Waals surface area contributed by atoms with E-state index in [1.807, 2.05) is 0 Å². The summed E-state index contributed by atoms with van der Waals surface area (Å²) < 4.78 is 5.31. The maximum atomic E-state index is 5.50. The lowest BCUT2D eigenvalue weighted by atomic mass is 10.1. The molecule has 0 saturated carbocycles. The Morgan fingerprint density at radius 3 is 3.27 bits per heavy atom. The maximum Gasteiger partial charge on any atom is 0.106 e. The molecule has 1 fully saturated rings. The molecule has 2 rings (SSSR count). The number of aromatic nitrogens is 1. The number of rotatable bonds is 5. The first-order valence-electron chi connectivity index (χ1n) is 5.30. The average molecular weight is 227 g/mol. The monoisotopic (exact) mass is 227 g/mol. The van der Waals surface area contributed by atoms with E-state index in [9.17, 15) is 0 Å². The Balaban J connectivity index is 1.68. The van der Waals surface area contributed by atoms with Gasteiger partial charge in [0.05, 0.1) is 12.3 Å². The van der Waals surface area contributed by atoms with Crippen LogP contribution in [0.25, 0.3) is 0 Å². The molecular formula is C10H17N3OS. The molecule has 1 unspecified atom stereocenters. The zero-order chi connectivity index (χ0) is 10.5. The van der Waals surface area contributed by atoms with E-state index in [0.717, 1.165) is 37.0 Å². The summed E-state index contributed by atoms with van der Waals surface area (Å²) in [6.45, 7) is 4.22. The molecule has 1 aliphatic rings. The summed E-state index contributed by atoms with van der Waals surface area (Å²) in [5.41, 5.74) is 6.60. The Morgan fingerprint density at radius 2 is 2.60 bits per heavy atom. The van der Waals surface area contributed by atoms with Gasteiger partial charge in [0.25, 0.3) is 0 Å². The Labute approximate surface area is 93.8 Å². The summed E-state index contributed by atoms with van der Waals surface area (Å²) in [4.78, 5) is 4.39. The maximum absolute atomic E-state index is 5.50. The van der Waals surface area contributed by atoms with Gasteiger partial charge in [-0.25, -0.2) is 4.98 Å². The standard InChI is InChI=1S/C10H17N3OS/c11-3-10-13-9(7-15-10)5-12-4-8-1-2-14-6-8/h7-8,12H,1-6,11H2. The number of nitrogens with one attached hydrogen (secondary N) is 1. The van der Waals surface area contributed by atoms with E-state index in [1.54, 1.807) is 11.3 Å². The van der Waals surface area contributed by atoms with Crippen molar-refractivity contribution in [2.24, 2.45) is 11.7 Å². The highest BCUT2D eigenvalue weighted by atomic mass is 32.1. The lowest BCUT2D eigenvalue weighted by Gasteiger charge is -2.07. The first-order chi connectivity index (χ1) is 7.38. The molecule has 4 nitrogen and oxygen atoms in total. The number of thiazole rings is 1. The van der Waals surface area contributed by atoms with Crippen LogP contribution in [0, 0.1) is 5.92 Å². The molecule has 2 heterocycles. The summed E-state index contributed by atoms with van der Waals surface area (Å²) >= 11 is 1.63. The fraction of sp³-hybridized carbons (Fsp3) is 0.700. The molecule has 15 heavy (non-hydrogen) atoms. The molecular weight excluding hydrogens is 210 g/mol. The smallest absolute Gasteiger partial charge is 0.106 e. The second kappa shape index (κ2) is 5.55. The predicted octanol–water partition coefficient (Wildman–Crippen LogP) is 0.728. The first-order valence-corrected chi connectivity index (χ1v) is 6.18. The number of nitrogens with two attached hydrogens (primary N) is 1. The Hall–Kier alpha value is -0.490. The van der Waals surface area contributed by atoms with E-state index in [0.29, 0.717) is 12.5 Å². The molecule has 0 bridgehead atoms. The minimum Gasteiger partial charge on any atom is -0.381 e. The second-order valence-electron chi connectivity index (χ2n) is 3.80. The predicted molar refractivity (Wildman–Crippen MR) is 60.6 cm³/mol. The molecule has 0 aliphatic carbocycles. The number of ether oxygens (including phenoxy) is 1. The van der Waals surface area contributed by atoms with Gasteiger partial charge in [0, 0.05) is 31.6 Å². The summed E-state index contributed by atoms with van der Waals surface area (Å²) in [6, 6.07) is 0. The molecule has 0 amide bonds. The van der Waals surface area contributed by atoms with Crippen LogP contribution in [0.3, 0.4) is 0 Å². The van der Waals surface area contributed by atoms with E-state index < -0.39 is 0 Å². The molecule has 3 N–H and O–H groups in total. The third-order valence-corrected chi connectivity index (χ3v) is 3.46. The van der Waals surface area contributed by atoms with Crippen molar-refractivity contribution in [3.63, 3.8) is 0 Å². The highest BCUT2D eigenvalue weighted by Gasteiger charge is 2.14. The molecule has 1 saturated heterocycles. The lowest BCUT2D eigenvalue weighted by Crippen LogP contribution is -2.22. The first kappa shape index (κ1) is 11.0. The van der Waals surface area contributed by atoms with Crippen LogP contribution in [0.2, 0.25) is 0 Å². The summed E-state index contributed by atoms with van der Waals surface area (Å²) in [7, 11) is 0. The third-order valence-electron chi connectivity index (χ3n) is 2.54. The van der Waals surface area contributed by atoms with Crippen LogP contribution in [-0.2, 0) is 17.8 Å². The third kappa shape index (κ3) is 3.24. The molecule has 0 spiro atoms. The highest BCUT2D eigenvalue weighted by Crippen LogP contribution is 2.12. The van der Waals surface area contributed by atoms with Gasteiger partial charge in [0.1, 0.15) is 5.01 Å². The van der Waals surface area contributed by atoms with Crippen molar-refractivity contribution in [1.29, 1.82) is 0 Å². The zero-order valence-corrected chi connectivity index (χ0v) is 9.55. The van der Waals surface area contributed by atoms with E-state index in [4.69, 9.17) is 10.5 Å². The van der Waals surface area contributed by atoms with Crippen LogP contribution in [0.5, 0.6) is 0 Å². The van der Waals surface area contributed by atoms with Crippen molar-refractivity contribution in [3.8, 4) is 0 Å². The number of hydrogen-bond acceptors (Lipinski definition) is 5. The van der Waals surface area contributed by atoms with E-state index in [-0.39, 0.29) is 0 Å². The van der Waals surface area contributed by atoms with Crippen LogP contribution in [0.1, 0.15) is 17.1 Å². The van der Waals surface area contributed by atoms with Crippen LogP contribution in [-0.4, -0.2) is 24.7 Å². The van der Waals surface area contributed by atoms with Gasteiger partial charge in [-0.15, -0.1) is 11.3 Å². The molecule has 84 valence electrons. The quantitative estimate of drug-likeness (QED) is 0.778. The largest absolute Gasteiger partial charge is 0.381 e. The van der Waals surface area contributed by atoms with Crippen LogP contribution < -0.4 is 11.1 Å². The van der Waals surface area contributed by atoms with Crippen LogP contribution in [0.15, 0.2) is 5.38 Å². The van der Waals surface area contributed by atoms with Gasteiger partial charge in [-0.05, 0) is 12.3 Å². The lowest BCUT2D eigenvalue weighted by molar-refractivity contribution is 0.185. The van der Waals surface area contributed by atoms with Gasteiger partial charge < -0.3 is 15.8 Å². The van der Waals surface area contributed by atoms with Gasteiger partial charge in [0.15, 0.2) is 0 Å². The van der Waals surface area contributed by atoms with Crippen molar-refractivity contribution in [2.75, 3.05) is 19.8 Å². The summed E-state index contributed by atoms with van der Waals surface area (Å²) in [5, 5.41) is 6.48. The van der Waals surface area contributed by atoms with Gasteiger partial charge in [0.2, 0.25) is 0 Å². The molecule has 1 atom stereocenters. The van der Waals surface area contributed by atoms with E-state index in [1.165, 1.54) is 6.42 Å². The molecule has 0 aromatic carbocycles. The van der Waals surface area contributed by atoms with Gasteiger partial charge in [-0.2, -0.15) is 0 Å². The van der Waals surface area contributed by atoms with E-state index >= 15 is 0 Å². The minimum atomic E-state index is 0.543. The van der Waals surface area contributed by atoms with Crippen molar-refractivity contribution < 1.29 is 4.74 Å². The highest BCUT2D eigenvalue weighted by molar-refractivity contribution is 7.09. The van der Waals surface area contributed by atoms with Crippen molar-refractivity contribution in [1.82, 2.24) is 10.3 Å². The van der Waals surface area contributed by atoms with Crippen molar-refractivity contribution in [3.05, 3.63) is 16.1 Å². The minimum absolute atomic E-state index is 0.543. The molecule has 5 heteroatoms. The molecule has 1 aromatic rings. The van der Waals surface area contributed by atoms with Gasteiger partial charge in [-0.1, -0.05) is 0 Å². The summed E-state index contributed by atoms with van der Waals surface area (Å²) in [5.74, 6) is 0.678. The van der Waals surface area contributed by atoms with Crippen LogP contribution in [0.4, 0.5) is 0 Å². The van der Waals surface area contributed by atoms with Crippen molar-refractivity contribution in [2.45, 2.75) is 19.5 Å². The van der Waals surface area contributed by atoms with Crippen LogP contribution >= 0.6 is 11.3 Å². The Kier molecular flexibility index (Phi) is 4.08. The molecule has 0 radical (unpaired) electrons. The average Bonchev–Trinajstić information content (AvgIpc) is 2.88. The molecule has 1 aliphatic heterocycles. The van der Waals surface area contributed by atoms with E-state index in [2.05, 4.69) is 15.7 Å². The zero-order valence-electron chi connectivity index (χ0n) is 8.74. The second-order valence-corrected chi connectivity index (χ2v) is 4.74.